The van der Waals surface area contributed by atoms with Gasteiger partial charge in [0, 0.05) is 16.5 Å². The first kappa shape index (κ1) is 15.0. The molecule has 0 aliphatic heterocycles. The number of rotatable bonds is 4. The molecule has 0 fully saturated rings. The van der Waals surface area contributed by atoms with Gasteiger partial charge in [-0.15, -0.1) is 0 Å². The number of benzene rings is 2. The number of ketones is 1. The highest BCUT2D eigenvalue weighted by Gasteiger charge is 2.21. The average molecular weight is 311 g/mol. The highest BCUT2D eigenvalue weighted by atomic mass is 19.1. The van der Waals surface area contributed by atoms with Crippen LogP contribution in [0, 0.1) is 5.82 Å². The first-order chi connectivity index (χ1) is 11.0. The Bertz CT molecular complexity index is 834. The van der Waals surface area contributed by atoms with Crippen LogP contribution in [0.15, 0.2) is 54.6 Å². The van der Waals surface area contributed by atoms with Gasteiger partial charge in [-0.3, -0.25) is 4.79 Å². The lowest BCUT2D eigenvalue weighted by Gasteiger charge is -2.11. The Kier molecular flexibility index (Phi) is 3.93. The van der Waals surface area contributed by atoms with Crippen LogP contribution in [0.5, 0.6) is 0 Å². The van der Waals surface area contributed by atoms with Gasteiger partial charge in [0.15, 0.2) is 6.10 Å². The first-order valence-corrected chi connectivity index (χ1v) is 7.13. The minimum atomic E-state index is -0.959. The third kappa shape index (κ3) is 3.13. The van der Waals surface area contributed by atoms with Crippen LogP contribution in [0.2, 0.25) is 0 Å². The topological polar surface area (TPSA) is 59.2 Å². The SMILES string of the molecule is C[C@@H](OC(=O)c1cc2ccccc2[nH]1)C(=O)c1ccc(F)cc1. The van der Waals surface area contributed by atoms with E-state index >= 15 is 0 Å². The van der Waals surface area contributed by atoms with Crippen molar-refractivity contribution in [1.82, 2.24) is 4.98 Å². The number of aromatic nitrogens is 1. The van der Waals surface area contributed by atoms with E-state index in [0.717, 1.165) is 10.9 Å². The van der Waals surface area contributed by atoms with Crippen LogP contribution in [-0.4, -0.2) is 22.8 Å². The van der Waals surface area contributed by atoms with Gasteiger partial charge in [-0.1, -0.05) is 18.2 Å². The van der Waals surface area contributed by atoms with Crippen molar-refractivity contribution in [3.8, 4) is 0 Å². The molecule has 0 bridgehead atoms. The van der Waals surface area contributed by atoms with Crippen molar-refractivity contribution in [3.05, 3.63) is 71.7 Å². The van der Waals surface area contributed by atoms with Crippen LogP contribution < -0.4 is 0 Å². The summed E-state index contributed by atoms with van der Waals surface area (Å²) in [5.74, 6) is -1.41. The van der Waals surface area contributed by atoms with Gasteiger partial charge in [-0.25, -0.2) is 9.18 Å². The number of halogens is 1. The molecule has 3 aromatic rings. The molecule has 0 amide bonds. The van der Waals surface area contributed by atoms with E-state index in [1.807, 2.05) is 24.3 Å². The Morgan fingerprint density at radius 1 is 1.09 bits per heavy atom. The lowest BCUT2D eigenvalue weighted by Crippen LogP contribution is -2.24. The molecule has 116 valence electrons. The van der Waals surface area contributed by atoms with Crippen LogP contribution in [-0.2, 0) is 4.74 Å². The van der Waals surface area contributed by atoms with Crippen LogP contribution >= 0.6 is 0 Å². The number of H-pyrrole nitrogens is 1. The molecule has 0 unspecified atom stereocenters. The molecule has 0 saturated heterocycles. The third-order valence-corrected chi connectivity index (χ3v) is 3.53. The predicted molar refractivity (Wildman–Crippen MR) is 83.9 cm³/mol. The van der Waals surface area contributed by atoms with Crippen LogP contribution in [0.3, 0.4) is 0 Å². The fraction of sp³-hybridized carbons (Fsp3) is 0.111. The van der Waals surface area contributed by atoms with E-state index < -0.39 is 17.9 Å². The number of ether oxygens (including phenoxy) is 1. The normalized spacial score (nSPS) is 12.1. The molecular formula is C18H14FNO3. The Balaban J connectivity index is 1.73. The summed E-state index contributed by atoms with van der Waals surface area (Å²) in [5.41, 5.74) is 1.39. The fourth-order valence-corrected chi connectivity index (χ4v) is 2.31. The van der Waals surface area contributed by atoms with E-state index in [2.05, 4.69) is 4.98 Å². The summed E-state index contributed by atoms with van der Waals surface area (Å²) in [5, 5.41) is 0.886. The fourth-order valence-electron chi connectivity index (χ4n) is 2.31. The molecule has 1 heterocycles. The number of Topliss-reactive ketones (excluding diaryl/α,β-unsaturated/α-hetero) is 1. The van der Waals surface area contributed by atoms with Crippen LogP contribution in [0.4, 0.5) is 4.39 Å². The Hall–Kier alpha value is -2.95. The standard InChI is InChI=1S/C18H14FNO3/c1-11(17(21)12-6-8-14(19)9-7-12)23-18(22)16-10-13-4-2-3-5-15(13)20-16/h2-11,20H,1H3/t11-/m1/s1. The number of hydrogen-bond donors (Lipinski definition) is 1. The number of esters is 1. The summed E-state index contributed by atoms with van der Waals surface area (Å²) in [6.07, 6.45) is -0.959. The molecule has 0 saturated carbocycles. The quantitative estimate of drug-likeness (QED) is 0.590. The summed E-state index contributed by atoms with van der Waals surface area (Å²) in [7, 11) is 0. The van der Waals surface area contributed by atoms with Crippen molar-refractivity contribution < 1.29 is 18.7 Å². The van der Waals surface area contributed by atoms with E-state index in [1.165, 1.54) is 31.2 Å². The molecule has 0 spiro atoms. The monoisotopic (exact) mass is 311 g/mol. The number of carbonyl (C=O) groups is 2. The Labute approximate surface area is 131 Å². The van der Waals surface area contributed by atoms with E-state index in [4.69, 9.17) is 4.74 Å². The Morgan fingerprint density at radius 3 is 2.48 bits per heavy atom. The molecule has 0 aliphatic rings. The summed E-state index contributed by atoms with van der Waals surface area (Å²) in [6.45, 7) is 1.49. The molecule has 1 atom stereocenters. The molecule has 1 aromatic heterocycles. The first-order valence-electron chi connectivity index (χ1n) is 7.13. The van der Waals surface area contributed by atoms with Gasteiger partial charge in [-0.2, -0.15) is 0 Å². The molecule has 1 N–H and O–H groups in total. The maximum atomic E-state index is 12.9. The van der Waals surface area contributed by atoms with Crippen LogP contribution in [0.25, 0.3) is 10.9 Å². The van der Waals surface area contributed by atoms with E-state index in [9.17, 15) is 14.0 Å². The number of fused-ring (bicyclic) bond motifs is 1. The van der Waals surface area contributed by atoms with Gasteiger partial charge < -0.3 is 9.72 Å². The van der Waals surface area contributed by atoms with Gasteiger partial charge >= 0.3 is 5.97 Å². The zero-order valence-electron chi connectivity index (χ0n) is 12.4. The molecule has 2 aromatic carbocycles. The van der Waals surface area contributed by atoms with Gasteiger partial charge in [-0.05, 0) is 43.3 Å². The minimum absolute atomic E-state index is 0.282. The average Bonchev–Trinajstić information content (AvgIpc) is 2.99. The predicted octanol–water partition coefficient (Wildman–Crippen LogP) is 3.74. The second kappa shape index (κ2) is 6.04. The van der Waals surface area contributed by atoms with Gasteiger partial charge in [0.25, 0.3) is 0 Å². The zero-order valence-corrected chi connectivity index (χ0v) is 12.4. The number of aromatic amines is 1. The summed E-state index contributed by atoms with van der Waals surface area (Å²) in [4.78, 5) is 27.3. The van der Waals surface area contributed by atoms with Crippen molar-refractivity contribution in [2.24, 2.45) is 0 Å². The highest BCUT2D eigenvalue weighted by Crippen LogP contribution is 2.16. The molecule has 5 heteroatoms. The smallest absolute Gasteiger partial charge is 0.355 e. The van der Waals surface area contributed by atoms with Crippen molar-refractivity contribution in [3.63, 3.8) is 0 Å². The summed E-state index contributed by atoms with van der Waals surface area (Å²) < 4.78 is 18.1. The van der Waals surface area contributed by atoms with Gasteiger partial charge in [0.1, 0.15) is 11.5 Å². The number of para-hydroxylation sites is 1. The molecule has 3 rings (SSSR count). The molecule has 0 aliphatic carbocycles. The summed E-state index contributed by atoms with van der Waals surface area (Å²) >= 11 is 0. The molecule has 4 nitrogen and oxygen atoms in total. The lowest BCUT2D eigenvalue weighted by atomic mass is 10.1. The highest BCUT2D eigenvalue weighted by molar-refractivity contribution is 6.02. The van der Waals surface area contributed by atoms with E-state index in [0.29, 0.717) is 5.56 Å². The maximum absolute atomic E-state index is 12.9. The third-order valence-electron chi connectivity index (χ3n) is 3.53. The molecule has 0 radical (unpaired) electrons. The van der Waals surface area contributed by atoms with Crippen molar-refractivity contribution >= 4 is 22.7 Å². The van der Waals surface area contributed by atoms with Gasteiger partial charge in [0.05, 0.1) is 0 Å². The number of nitrogens with one attached hydrogen (secondary N) is 1. The van der Waals surface area contributed by atoms with Crippen molar-refractivity contribution in [2.45, 2.75) is 13.0 Å². The molecule has 23 heavy (non-hydrogen) atoms. The number of hydrogen-bond acceptors (Lipinski definition) is 3. The molecular weight excluding hydrogens is 297 g/mol. The Morgan fingerprint density at radius 2 is 1.78 bits per heavy atom. The van der Waals surface area contributed by atoms with Crippen molar-refractivity contribution in [2.75, 3.05) is 0 Å². The van der Waals surface area contributed by atoms with Gasteiger partial charge in [0.2, 0.25) is 5.78 Å². The second-order valence-corrected chi connectivity index (χ2v) is 5.19. The largest absolute Gasteiger partial charge is 0.450 e. The number of carbonyl (C=O) groups excluding carboxylic acids is 2. The van der Waals surface area contributed by atoms with Crippen LogP contribution in [0.1, 0.15) is 27.8 Å². The van der Waals surface area contributed by atoms with Crippen molar-refractivity contribution in [1.29, 1.82) is 0 Å². The second-order valence-electron chi connectivity index (χ2n) is 5.19. The summed E-state index contributed by atoms with van der Waals surface area (Å²) in [6, 6.07) is 14.2. The van der Waals surface area contributed by atoms with E-state index in [-0.39, 0.29) is 11.5 Å². The lowest BCUT2D eigenvalue weighted by molar-refractivity contribution is 0.0314. The minimum Gasteiger partial charge on any atom is -0.450 e. The van der Waals surface area contributed by atoms with E-state index in [1.54, 1.807) is 6.07 Å². The zero-order chi connectivity index (χ0) is 16.4. The maximum Gasteiger partial charge on any atom is 0.355 e.